The van der Waals surface area contributed by atoms with Crippen molar-refractivity contribution in [2.45, 2.75) is 38.5 Å². The van der Waals surface area contributed by atoms with Gasteiger partial charge in [0.25, 0.3) is 0 Å². The largest absolute Gasteiger partial charge is 0.330 e. The molecule has 2 N–H and O–H groups in total. The monoisotopic (exact) mass is 184 g/mol. The fourth-order valence-electron chi connectivity index (χ4n) is 1.82. The highest BCUT2D eigenvalue weighted by atomic mass is 15.1. The van der Waals surface area contributed by atoms with Gasteiger partial charge >= 0.3 is 0 Å². The standard InChI is InChI=1S/C11H24N2/c1-13(9-3-2-8-12)10-7-11-5-4-6-11/h11H,2-10,12H2,1H3. The number of hydrogen-bond acceptors (Lipinski definition) is 2. The van der Waals surface area contributed by atoms with Crippen molar-refractivity contribution in [1.29, 1.82) is 0 Å². The third-order valence-corrected chi connectivity index (χ3v) is 3.14. The molecule has 2 heteroatoms. The Hall–Kier alpha value is -0.0800. The molecule has 0 amide bonds. The van der Waals surface area contributed by atoms with Gasteiger partial charge in [-0.05, 0) is 51.9 Å². The van der Waals surface area contributed by atoms with Gasteiger partial charge in [-0.15, -0.1) is 0 Å². The number of nitrogens with two attached hydrogens (primary N) is 1. The third-order valence-electron chi connectivity index (χ3n) is 3.14. The average Bonchev–Trinajstić information content (AvgIpc) is 2.02. The van der Waals surface area contributed by atoms with Crippen molar-refractivity contribution in [3.8, 4) is 0 Å². The lowest BCUT2D eigenvalue weighted by Gasteiger charge is -2.27. The minimum atomic E-state index is 0.844. The van der Waals surface area contributed by atoms with E-state index in [4.69, 9.17) is 5.73 Å². The van der Waals surface area contributed by atoms with Crippen LogP contribution in [0.2, 0.25) is 0 Å². The van der Waals surface area contributed by atoms with Crippen LogP contribution in [-0.4, -0.2) is 31.6 Å². The van der Waals surface area contributed by atoms with Crippen molar-refractivity contribution in [2.75, 3.05) is 26.7 Å². The first kappa shape index (κ1) is 11.0. The Balaban J connectivity index is 1.87. The Morgan fingerprint density at radius 3 is 2.54 bits per heavy atom. The molecule has 1 fully saturated rings. The van der Waals surface area contributed by atoms with E-state index in [1.807, 2.05) is 0 Å². The van der Waals surface area contributed by atoms with Crippen LogP contribution < -0.4 is 5.73 Å². The number of unbranched alkanes of at least 4 members (excludes halogenated alkanes) is 1. The quantitative estimate of drug-likeness (QED) is 0.612. The van der Waals surface area contributed by atoms with Crippen molar-refractivity contribution < 1.29 is 0 Å². The van der Waals surface area contributed by atoms with Crippen molar-refractivity contribution in [2.24, 2.45) is 11.7 Å². The van der Waals surface area contributed by atoms with Crippen LogP contribution in [0.15, 0.2) is 0 Å². The topological polar surface area (TPSA) is 29.3 Å². The summed E-state index contributed by atoms with van der Waals surface area (Å²) in [5, 5.41) is 0. The van der Waals surface area contributed by atoms with Gasteiger partial charge < -0.3 is 10.6 Å². The lowest BCUT2D eigenvalue weighted by atomic mass is 9.83. The summed E-state index contributed by atoms with van der Waals surface area (Å²) in [6.45, 7) is 3.36. The number of rotatable bonds is 7. The average molecular weight is 184 g/mol. The molecule has 1 saturated carbocycles. The van der Waals surface area contributed by atoms with E-state index in [1.165, 1.54) is 51.6 Å². The second-order valence-corrected chi connectivity index (χ2v) is 4.38. The zero-order chi connectivity index (χ0) is 9.52. The van der Waals surface area contributed by atoms with Crippen LogP contribution >= 0.6 is 0 Å². The van der Waals surface area contributed by atoms with Gasteiger partial charge in [-0.2, -0.15) is 0 Å². The molecule has 0 aromatic carbocycles. The third kappa shape index (κ3) is 4.63. The first-order chi connectivity index (χ1) is 6.33. The maximum atomic E-state index is 5.45. The van der Waals surface area contributed by atoms with E-state index in [0.717, 1.165) is 12.5 Å². The van der Waals surface area contributed by atoms with Gasteiger partial charge in [0.1, 0.15) is 0 Å². The molecule has 2 nitrogen and oxygen atoms in total. The Morgan fingerprint density at radius 2 is 2.00 bits per heavy atom. The fourth-order valence-corrected chi connectivity index (χ4v) is 1.82. The van der Waals surface area contributed by atoms with E-state index >= 15 is 0 Å². The molecule has 0 aromatic heterocycles. The van der Waals surface area contributed by atoms with Crippen LogP contribution in [0.3, 0.4) is 0 Å². The van der Waals surface area contributed by atoms with Gasteiger partial charge in [0.2, 0.25) is 0 Å². The van der Waals surface area contributed by atoms with Gasteiger partial charge in [-0.3, -0.25) is 0 Å². The zero-order valence-electron chi connectivity index (χ0n) is 8.97. The molecule has 0 radical (unpaired) electrons. The van der Waals surface area contributed by atoms with E-state index in [0.29, 0.717) is 0 Å². The van der Waals surface area contributed by atoms with Gasteiger partial charge in [-0.1, -0.05) is 19.3 Å². The normalized spacial score (nSPS) is 17.8. The fraction of sp³-hybridized carbons (Fsp3) is 1.00. The van der Waals surface area contributed by atoms with E-state index in [2.05, 4.69) is 11.9 Å². The van der Waals surface area contributed by atoms with Gasteiger partial charge in [0, 0.05) is 0 Å². The van der Waals surface area contributed by atoms with Crippen molar-refractivity contribution in [1.82, 2.24) is 4.90 Å². The summed E-state index contributed by atoms with van der Waals surface area (Å²) < 4.78 is 0. The highest BCUT2D eigenvalue weighted by Crippen LogP contribution is 2.29. The number of hydrogen-bond donors (Lipinski definition) is 1. The van der Waals surface area contributed by atoms with Crippen LogP contribution in [-0.2, 0) is 0 Å². The molecule has 0 unspecified atom stereocenters. The maximum Gasteiger partial charge on any atom is -0.00191 e. The second-order valence-electron chi connectivity index (χ2n) is 4.38. The van der Waals surface area contributed by atoms with Crippen LogP contribution in [0.4, 0.5) is 0 Å². The van der Waals surface area contributed by atoms with E-state index < -0.39 is 0 Å². The smallest absolute Gasteiger partial charge is 0.00191 e. The molecule has 0 saturated heterocycles. The summed E-state index contributed by atoms with van der Waals surface area (Å²) in [6.07, 6.45) is 8.29. The lowest BCUT2D eigenvalue weighted by molar-refractivity contribution is 0.237. The van der Waals surface area contributed by atoms with Crippen LogP contribution in [0.1, 0.15) is 38.5 Å². The molecule has 0 aromatic rings. The highest BCUT2D eigenvalue weighted by molar-refractivity contribution is 4.70. The molecule has 0 heterocycles. The molecule has 0 aliphatic heterocycles. The summed E-state index contributed by atoms with van der Waals surface area (Å²) in [5.41, 5.74) is 5.45. The maximum absolute atomic E-state index is 5.45. The van der Waals surface area contributed by atoms with Gasteiger partial charge in [0.15, 0.2) is 0 Å². The Morgan fingerprint density at radius 1 is 1.23 bits per heavy atom. The molecule has 78 valence electrons. The molecule has 1 rings (SSSR count). The molecular formula is C11H24N2. The molecule has 0 spiro atoms. The first-order valence-corrected chi connectivity index (χ1v) is 5.71. The first-order valence-electron chi connectivity index (χ1n) is 5.71. The molecule has 0 bridgehead atoms. The van der Waals surface area contributed by atoms with Crippen molar-refractivity contribution in [3.63, 3.8) is 0 Å². The molecule has 1 aliphatic rings. The summed E-state index contributed by atoms with van der Waals surface area (Å²) in [5.74, 6) is 1.05. The molecular weight excluding hydrogens is 160 g/mol. The Kier molecular flexibility index (Phi) is 5.40. The van der Waals surface area contributed by atoms with E-state index in [-0.39, 0.29) is 0 Å². The molecule has 1 aliphatic carbocycles. The highest BCUT2D eigenvalue weighted by Gasteiger charge is 2.16. The predicted octanol–water partition coefficient (Wildman–Crippen LogP) is 1.85. The minimum Gasteiger partial charge on any atom is -0.330 e. The van der Waals surface area contributed by atoms with Crippen LogP contribution in [0, 0.1) is 5.92 Å². The zero-order valence-corrected chi connectivity index (χ0v) is 8.97. The van der Waals surface area contributed by atoms with Gasteiger partial charge in [-0.25, -0.2) is 0 Å². The molecule has 0 atom stereocenters. The Labute approximate surface area is 82.5 Å². The minimum absolute atomic E-state index is 0.844. The van der Waals surface area contributed by atoms with E-state index in [1.54, 1.807) is 0 Å². The van der Waals surface area contributed by atoms with Gasteiger partial charge in [0.05, 0.1) is 0 Å². The predicted molar refractivity (Wildman–Crippen MR) is 57.7 cm³/mol. The SMILES string of the molecule is CN(CCCCN)CCC1CCC1. The second kappa shape index (κ2) is 6.39. The summed E-state index contributed by atoms with van der Waals surface area (Å²) in [6, 6.07) is 0. The van der Waals surface area contributed by atoms with Crippen molar-refractivity contribution in [3.05, 3.63) is 0 Å². The number of nitrogens with zero attached hydrogens (tertiary/aromatic N) is 1. The molecule has 13 heavy (non-hydrogen) atoms. The Bertz CT molecular complexity index is 121. The summed E-state index contributed by atoms with van der Waals surface area (Å²) in [7, 11) is 2.23. The van der Waals surface area contributed by atoms with Crippen LogP contribution in [0.25, 0.3) is 0 Å². The summed E-state index contributed by atoms with van der Waals surface area (Å²) >= 11 is 0. The van der Waals surface area contributed by atoms with Crippen LogP contribution in [0.5, 0.6) is 0 Å². The lowest BCUT2D eigenvalue weighted by Crippen LogP contribution is -2.25. The van der Waals surface area contributed by atoms with Crippen molar-refractivity contribution >= 4 is 0 Å². The van der Waals surface area contributed by atoms with E-state index in [9.17, 15) is 0 Å². The summed E-state index contributed by atoms with van der Waals surface area (Å²) in [4.78, 5) is 2.45.